The normalized spacial score (nSPS) is 18.6. The maximum atomic E-state index is 12.6. The fraction of sp³-hybridized carbons (Fsp3) is 0.692. The topological polar surface area (TPSA) is 61.4 Å². The summed E-state index contributed by atoms with van der Waals surface area (Å²) in [6.45, 7) is 4.33. The molecule has 0 unspecified atom stereocenters. The maximum Gasteiger partial charge on any atom is 0.242 e. The molecule has 5 nitrogen and oxygen atoms in total. The highest BCUT2D eigenvalue weighted by Gasteiger charge is 2.27. The van der Waals surface area contributed by atoms with E-state index in [1.165, 1.54) is 11.3 Å². The van der Waals surface area contributed by atoms with Gasteiger partial charge in [0.25, 0.3) is 0 Å². The molecule has 7 heteroatoms. The van der Waals surface area contributed by atoms with Gasteiger partial charge < -0.3 is 10.2 Å². The van der Waals surface area contributed by atoms with E-state index in [4.69, 9.17) is 0 Å². The molecule has 20 heavy (non-hydrogen) atoms. The number of nitrogens with zero attached hydrogens (tertiary/aromatic N) is 1. The monoisotopic (exact) mass is 317 g/mol. The third kappa shape index (κ3) is 3.59. The number of rotatable bonds is 5. The molecule has 1 aliphatic rings. The molecule has 114 valence electrons. The predicted octanol–water partition coefficient (Wildman–Crippen LogP) is 1.15. The third-order valence-corrected chi connectivity index (χ3v) is 6.62. The smallest absolute Gasteiger partial charge is 0.242 e. The van der Waals surface area contributed by atoms with Crippen molar-refractivity contribution in [1.82, 2.24) is 14.9 Å². The van der Waals surface area contributed by atoms with Crippen LogP contribution in [-0.4, -0.2) is 46.5 Å². The van der Waals surface area contributed by atoms with E-state index in [9.17, 15) is 8.42 Å². The van der Waals surface area contributed by atoms with Crippen molar-refractivity contribution in [2.45, 2.75) is 37.2 Å². The second kappa shape index (κ2) is 6.53. The van der Waals surface area contributed by atoms with Crippen LogP contribution in [0, 0.1) is 6.92 Å². The minimum Gasteiger partial charge on any atom is -0.315 e. The summed E-state index contributed by atoms with van der Waals surface area (Å²) in [5.41, 5.74) is 0.834. The highest BCUT2D eigenvalue weighted by atomic mass is 32.2. The summed E-state index contributed by atoms with van der Waals surface area (Å²) >= 11 is 1.50. The molecular formula is C13H23N3O2S2. The van der Waals surface area contributed by atoms with Crippen molar-refractivity contribution >= 4 is 21.4 Å². The Kier molecular flexibility index (Phi) is 5.19. The molecule has 0 radical (unpaired) electrons. The molecule has 2 N–H and O–H groups in total. The van der Waals surface area contributed by atoms with E-state index < -0.39 is 10.0 Å². The molecule has 2 rings (SSSR count). The van der Waals surface area contributed by atoms with Crippen LogP contribution in [0.25, 0.3) is 0 Å². The summed E-state index contributed by atoms with van der Waals surface area (Å²) in [5, 5.41) is 4.94. The molecule has 0 bridgehead atoms. The quantitative estimate of drug-likeness (QED) is 0.855. The van der Waals surface area contributed by atoms with Crippen LogP contribution in [0.4, 0.5) is 0 Å². The minimum atomic E-state index is -3.42. The van der Waals surface area contributed by atoms with Crippen molar-refractivity contribution < 1.29 is 8.42 Å². The van der Waals surface area contributed by atoms with Crippen molar-refractivity contribution in [3.05, 3.63) is 15.8 Å². The molecule has 0 amide bonds. The largest absolute Gasteiger partial charge is 0.315 e. The molecule has 0 saturated carbocycles. The summed E-state index contributed by atoms with van der Waals surface area (Å²) in [5.74, 6) is 0. The van der Waals surface area contributed by atoms with Crippen LogP contribution in [0.2, 0.25) is 0 Å². The predicted molar refractivity (Wildman–Crippen MR) is 82.7 cm³/mol. The zero-order valence-corrected chi connectivity index (χ0v) is 13.9. The van der Waals surface area contributed by atoms with Gasteiger partial charge in [0.05, 0.1) is 0 Å². The van der Waals surface area contributed by atoms with Crippen LogP contribution < -0.4 is 10.0 Å². The molecule has 1 aromatic rings. The molecule has 1 aliphatic heterocycles. The first-order valence-electron chi connectivity index (χ1n) is 6.86. The molecule has 0 spiro atoms. The molecule has 1 aromatic heterocycles. The Morgan fingerprint density at radius 1 is 1.40 bits per heavy atom. The van der Waals surface area contributed by atoms with Crippen molar-refractivity contribution in [2.24, 2.45) is 0 Å². The Hall–Kier alpha value is -0.470. The zero-order valence-electron chi connectivity index (χ0n) is 12.3. The minimum absolute atomic E-state index is 0.0536. The molecule has 0 aromatic carbocycles. The van der Waals surface area contributed by atoms with Gasteiger partial charge in [-0.2, -0.15) is 0 Å². The first-order valence-corrected chi connectivity index (χ1v) is 9.22. The number of likely N-dealkylation sites (tertiary alicyclic amines) is 1. The number of hydrogen-bond acceptors (Lipinski definition) is 5. The summed E-state index contributed by atoms with van der Waals surface area (Å²) in [6.07, 6.45) is 1.75. The number of sulfonamides is 1. The van der Waals surface area contributed by atoms with E-state index >= 15 is 0 Å². The number of thiophene rings is 1. The summed E-state index contributed by atoms with van der Waals surface area (Å²) < 4.78 is 28.1. The van der Waals surface area contributed by atoms with Gasteiger partial charge in [0, 0.05) is 17.5 Å². The summed E-state index contributed by atoms with van der Waals surface area (Å²) in [7, 11) is 0.482. The number of hydrogen-bond donors (Lipinski definition) is 2. The van der Waals surface area contributed by atoms with Crippen molar-refractivity contribution in [2.75, 3.05) is 27.2 Å². The summed E-state index contributed by atoms with van der Waals surface area (Å²) in [6, 6.07) is 0.0536. The van der Waals surface area contributed by atoms with Gasteiger partial charge in [-0.3, -0.25) is 0 Å². The number of nitrogens with one attached hydrogen (secondary N) is 2. The Labute approximate surface area is 125 Å². The Bertz CT molecular complexity index is 546. The zero-order chi connectivity index (χ0) is 14.8. The van der Waals surface area contributed by atoms with E-state index in [2.05, 4.69) is 22.0 Å². The van der Waals surface area contributed by atoms with Crippen LogP contribution in [0.5, 0.6) is 0 Å². The van der Waals surface area contributed by atoms with E-state index in [0.29, 0.717) is 11.4 Å². The standard InChI is InChI=1S/C13H23N3O2S2/c1-10-9-19-12(8-14-2)13(10)20(17,18)15-11-4-6-16(3)7-5-11/h9,11,14-15H,4-8H2,1-3H3. The Morgan fingerprint density at radius 3 is 2.65 bits per heavy atom. The Morgan fingerprint density at radius 2 is 2.05 bits per heavy atom. The average Bonchev–Trinajstić information content (AvgIpc) is 2.74. The second-order valence-corrected chi connectivity index (χ2v) is 8.02. The third-order valence-electron chi connectivity index (χ3n) is 3.64. The molecule has 1 saturated heterocycles. The average molecular weight is 317 g/mol. The van der Waals surface area contributed by atoms with Gasteiger partial charge in [-0.15, -0.1) is 11.3 Å². The van der Waals surface area contributed by atoms with Crippen LogP contribution in [-0.2, 0) is 16.6 Å². The molecule has 2 heterocycles. The lowest BCUT2D eigenvalue weighted by atomic mass is 10.1. The highest BCUT2D eigenvalue weighted by Crippen LogP contribution is 2.27. The lowest BCUT2D eigenvalue weighted by molar-refractivity contribution is 0.248. The first-order chi connectivity index (χ1) is 9.44. The van der Waals surface area contributed by atoms with Gasteiger partial charge in [-0.1, -0.05) is 0 Å². The highest BCUT2D eigenvalue weighted by molar-refractivity contribution is 7.89. The lowest BCUT2D eigenvalue weighted by Crippen LogP contribution is -2.43. The fourth-order valence-electron chi connectivity index (χ4n) is 2.54. The van der Waals surface area contributed by atoms with Gasteiger partial charge in [0.15, 0.2) is 0 Å². The van der Waals surface area contributed by atoms with Crippen molar-refractivity contribution in [3.63, 3.8) is 0 Å². The molecule has 1 fully saturated rings. The number of aryl methyl sites for hydroxylation is 1. The van der Waals surface area contributed by atoms with E-state index in [-0.39, 0.29) is 6.04 Å². The second-order valence-electron chi connectivity index (χ2n) is 5.40. The number of piperidine rings is 1. The van der Waals surface area contributed by atoms with Gasteiger partial charge >= 0.3 is 0 Å². The SMILES string of the molecule is CNCc1scc(C)c1S(=O)(=O)NC1CCN(C)CC1. The first kappa shape index (κ1) is 15.9. The summed E-state index contributed by atoms with van der Waals surface area (Å²) in [4.78, 5) is 3.58. The van der Waals surface area contributed by atoms with Gasteiger partial charge in [-0.25, -0.2) is 13.1 Å². The Balaban J connectivity index is 2.16. The van der Waals surface area contributed by atoms with E-state index in [0.717, 1.165) is 36.4 Å². The van der Waals surface area contributed by atoms with Gasteiger partial charge in [0.2, 0.25) is 10.0 Å². The maximum absolute atomic E-state index is 12.6. The van der Waals surface area contributed by atoms with Crippen LogP contribution >= 0.6 is 11.3 Å². The van der Waals surface area contributed by atoms with Crippen molar-refractivity contribution in [1.29, 1.82) is 0 Å². The van der Waals surface area contributed by atoms with E-state index in [1.54, 1.807) is 0 Å². The fourth-order valence-corrected chi connectivity index (χ4v) is 5.66. The van der Waals surface area contributed by atoms with E-state index in [1.807, 2.05) is 19.4 Å². The molecular weight excluding hydrogens is 294 g/mol. The van der Waals surface area contributed by atoms with Crippen LogP contribution in [0.3, 0.4) is 0 Å². The van der Waals surface area contributed by atoms with Gasteiger partial charge in [0.1, 0.15) is 4.90 Å². The van der Waals surface area contributed by atoms with Crippen molar-refractivity contribution in [3.8, 4) is 0 Å². The van der Waals surface area contributed by atoms with Crippen LogP contribution in [0.1, 0.15) is 23.3 Å². The lowest BCUT2D eigenvalue weighted by Gasteiger charge is -2.29. The molecule has 0 atom stereocenters. The molecule has 0 aliphatic carbocycles. The van der Waals surface area contributed by atoms with Gasteiger partial charge in [-0.05, 0) is 57.9 Å². The van der Waals surface area contributed by atoms with Crippen LogP contribution in [0.15, 0.2) is 10.3 Å².